The van der Waals surface area contributed by atoms with Gasteiger partial charge in [0.15, 0.2) is 29.8 Å². The fourth-order valence-corrected chi connectivity index (χ4v) is 9.11. The number of aromatic hydroxyl groups is 10. The van der Waals surface area contributed by atoms with Gasteiger partial charge < -0.3 is 85.3 Å². The van der Waals surface area contributed by atoms with E-state index >= 15 is 0 Å². The first kappa shape index (κ1) is 40.8. The van der Waals surface area contributed by atoms with E-state index in [1.54, 1.807) is 0 Å². The van der Waals surface area contributed by atoms with Crippen molar-refractivity contribution in [1.29, 1.82) is 0 Å². The van der Waals surface area contributed by atoms with Crippen molar-refractivity contribution in [3.05, 3.63) is 129 Å². The van der Waals surface area contributed by atoms with E-state index in [0.717, 1.165) is 18.2 Å². The number of phenols is 10. The molecule has 3 aliphatic heterocycles. The van der Waals surface area contributed by atoms with E-state index in [2.05, 4.69) is 0 Å². The Labute approximate surface area is 356 Å². The molecule has 3 aliphatic rings. The summed E-state index contributed by atoms with van der Waals surface area (Å²) in [6.07, 6.45) is -9.38. The van der Waals surface area contributed by atoms with E-state index in [4.69, 9.17) is 18.9 Å². The first-order valence-electron chi connectivity index (χ1n) is 19.5. The van der Waals surface area contributed by atoms with Crippen LogP contribution in [0.3, 0.4) is 0 Å². The number of fused-ring (bicyclic) bond motifs is 3. The van der Waals surface area contributed by atoms with Crippen molar-refractivity contribution in [2.45, 2.75) is 54.9 Å². The number of hydrogen-bond donors (Lipinski definition) is 13. The minimum Gasteiger partial charge on any atom is -0.508 e. The van der Waals surface area contributed by atoms with Gasteiger partial charge in [-0.25, -0.2) is 0 Å². The van der Waals surface area contributed by atoms with Crippen molar-refractivity contribution in [3.63, 3.8) is 0 Å². The molecule has 17 heteroatoms. The van der Waals surface area contributed by atoms with Crippen LogP contribution in [-0.4, -0.2) is 91.8 Å². The van der Waals surface area contributed by atoms with E-state index < -0.39 is 94.5 Å². The first-order chi connectivity index (χ1) is 30.1. The van der Waals surface area contributed by atoms with Gasteiger partial charge in [-0.15, -0.1) is 0 Å². The van der Waals surface area contributed by atoms with Crippen molar-refractivity contribution in [1.82, 2.24) is 0 Å². The summed E-state index contributed by atoms with van der Waals surface area (Å²) in [6, 6.07) is 17.5. The van der Waals surface area contributed by atoms with Crippen molar-refractivity contribution in [2.75, 3.05) is 7.11 Å². The van der Waals surface area contributed by atoms with Gasteiger partial charge in [0, 0.05) is 64.1 Å². The molecule has 6 aromatic rings. The zero-order chi connectivity index (χ0) is 44.8. The van der Waals surface area contributed by atoms with Gasteiger partial charge in [0.1, 0.15) is 75.5 Å². The Kier molecular flexibility index (Phi) is 9.77. The molecule has 3 heterocycles. The summed E-state index contributed by atoms with van der Waals surface area (Å²) in [4.78, 5) is 0. The second kappa shape index (κ2) is 15.1. The van der Waals surface area contributed by atoms with Crippen LogP contribution < -0.4 is 18.9 Å². The smallest absolute Gasteiger partial charge is 0.202 e. The van der Waals surface area contributed by atoms with E-state index in [1.807, 2.05) is 0 Å². The van der Waals surface area contributed by atoms with Crippen LogP contribution in [0.4, 0.5) is 0 Å². The predicted octanol–water partition coefficient (Wildman–Crippen LogP) is 5.04. The van der Waals surface area contributed by atoms with Gasteiger partial charge in [0.2, 0.25) is 5.75 Å². The molecule has 0 spiro atoms. The summed E-state index contributed by atoms with van der Waals surface area (Å²) in [5, 5.41) is 147. The fraction of sp³-hybridized carbons (Fsp3) is 0.217. The Morgan fingerprint density at radius 1 is 0.444 bits per heavy atom. The molecule has 9 rings (SSSR count). The fourth-order valence-electron chi connectivity index (χ4n) is 9.11. The number of ether oxygens (including phenoxy) is 4. The van der Waals surface area contributed by atoms with Gasteiger partial charge in [-0.2, -0.15) is 0 Å². The lowest BCUT2D eigenvalue weighted by atomic mass is 9.73. The van der Waals surface area contributed by atoms with Gasteiger partial charge in [0.05, 0.1) is 25.0 Å². The Morgan fingerprint density at radius 2 is 0.905 bits per heavy atom. The molecule has 17 nitrogen and oxygen atoms in total. The van der Waals surface area contributed by atoms with Crippen LogP contribution >= 0.6 is 0 Å². The average Bonchev–Trinajstić information content (AvgIpc) is 3.22. The highest BCUT2D eigenvalue weighted by Crippen LogP contribution is 2.62. The number of hydrogen-bond acceptors (Lipinski definition) is 17. The van der Waals surface area contributed by atoms with Crippen LogP contribution in [0.1, 0.15) is 74.7 Å². The first-order valence-corrected chi connectivity index (χ1v) is 19.5. The normalized spacial score (nSPS) is 23.6. The molecule has 0 aromatic heterocycles. The summed E-state index contributed by atoms with van der Waals surface area (Å²) in [5.74, 6) is -8.89. The molecule has 8 unspecified atom stereocenters. The van der Waals surface area contributed by atoms with E-state index in [0.29, 0.717) is 5.56 Å². The molecule has 13 N–H and O–H groups in total. The highest BCUT2D eigenvalue weighted by molar-refractivity contribution is 5.70. The molecule has 326 valence electrons. The third kappa shape index (κ3) is 6.60. The molecule has 63 heavy (non-hydrogen) atoms. The van der Waals surface area contributed by atoms with Gasteiger partial charge in [-0.1, -0.05) is 24.3 Å². The summed E-state index contributed by atoms with van der Waals surface area (Å²) >= 11 is 0. The van der Waals surface area contributed by atoms with E-state index in [-0.39, 0.29) is 79.9 Å². The Balaban J connectivity index is 1.30. The highest BCUT2D eigenvalue weighted by Gasteiger charge is 2.50. The molecular weight excluding hydrogens is 824 g/mol. The molecule has 0 fully saturated rings. The monoisotopic (exact) mass is 864 g/mol. The van der Waals surface area contributed by atoms with Crippen LogP contribution in [0.25, 0.3) is 0 Å². The molecule has 0 aliphatic carbocycles. The lowest BCUT2D eigenvalue weighted by Crippen LogP contribution is -2.39. The maximum Gasteiger partial charge on any atom is 0.202 e. The quantitative estimate of drug-likeness (QED) is 0.104. The van der Waals surface area contributed by atoms with Crippen molar-refractivity contribution in [2.24, 2.45) is 0 Å². The Hall–Kier alpha value is -7.60. The van der Waals surface area contributed by atoms with Crippen molar-refractivity contribution in [3.8, 4) is 80.5 Å². The number of aliphatic hydroxyl groups is 3. The maximum absolute atomic E-state index is 12.5. The van der Waals surface area contributed by atoms with Crippen LogP contribution in [0.2, 0.25) is 0 Å². The van der Waals surface area contributed by atoms with Crippen LogP contribution in [-0.2, 0) is 6.42 Å². The minimum atomic E-state index is -1.78. The molecule has 0 bridgehead atoms. The third-order valence-corrected chi connectivity index (χ3v) is 11.9. The van der Waals surface area contributed by atoms with Gasteiger partial charge in [0.25, 0.3) is 0 Å². The lowest BCUT2D eigenvalue weighted by molar-refractivity contribution is -0.00555. The molecule has 0 amide bonds. The SMILES string of the molecule is COc1c(O)cc(C2Oc3c(c(O)cc(O)c3C3c4c(O)cc(O)c(C5c6c(O)cc(O)cc6OC(c6ccc(O)cc6)C5O)c4OC(c4ccc(O)cc4)C3O)CC2O)cc1O. The number of phenolic OH excluding ortho intramolecular Hbond substituents is 10. The van der Waals surface area contributed by atoms with Gasteiger partial charge in [-0.05, 0) is 47.5 Å². The van der Waals surface area contributed by atoms with Crippen molar-refractivity contribution < 1.29 is 85.3 Å². The topological polar surface area (TPSA) is 300 Å². The molecule has 0 radical (unpaired) electrons. The Bertz CT molecular complexity index is 2750. The zero-order valence-corrected chi connectivity index (χ0v) is 32.9. The molecule has 8 atom stereocenters. The van der Waals surface area contributed by atoms with Crippen LogP contribution in [0.5, 0.6) is 80.5 Å². The van der Waals surface area contributed by atoms with E-state index in [1.165, 1.54) is 73.8 Å². The van der Waals surface area contributed by atoms with E-state index in [9.17, 15) is 66.4 Å². The maximum atomic E-state index is 12.5. The molecular formula is C46H40O17. The predicted molar refractivity (Wildman–Crippen MR) is 217 cm³/mol. The summed E-state index contributed by atoms with van der Waals surface area (Å²) < 4.78 is 24.1. The largest absolute Gasteiger partial charge is 0.508 e. The highest BCUT2D eigenvalue weighted by atomic mass is 16.5. The van der Waals surface area contributed by atoms with Crippen LogP contribution in [0, 0.1) is 0 Å². The third-order valence-electron chi connectivity index (χ3n) is 11.9. The second-order valence-corrected chi connectivity index (χ2v) is 15.7. The summed E-state index contributed by atoms with van der Waals surface area (Å²) in [5.41, 5.74) is -0.338. The lowest BCUT2D eigenvalue weighted by Gasteiger charge is -2.43. The van der Waals surface area contributed by atoms with Crippen LogP contribution in [0.15, 0.2) is 84.9 Å². The zero-order valence-electron chi connectivity index (χ0n) is 32.9. The van der Waals surface area contributed by atoms with Gasteiger partial charge in [-0.3, -0.25) is 0 Å². The summed E-state index contributed by atoms with van der Waals surface area (Å²) in [7, 11) is 1.22. The molecule has 0 saturated heterocycles. The minimum absolute atomic E-state index is 0.0383. The number of aliphatic hydroxyl groups excluding tert-OH is 3. The van der Waals surface area contributed by atoms with Crippen molar-refractivity contribution >= 4 is 0 Å². The standard InChI is InChI=1S/C46H40O17/c1-60-45-29(55)10-19(11-30(45)56)41-31(57)14-23-24(50)15-26(52)34(44(23)62-41)38-36-28(54)16-27(53)35(46(36)63-43(40(38)59)18-4-8-21(48)9-5-18)37-33-25(51)12-22(49)13-32(33)61-42(39(37)58)17-2-6-20(47)7-3-17/h2-13,15-16,31,37-43,47-59H,14H2,1H3. The molecule has 6 aromatic carbocycles. The number of rotatable bonds is 6. The Morgan fingerprint density at radius 3 is 1.44 bits per heavy atom. The molecule has 0 saturated carbocycles. The number of methoxy groups -OCH3 is 1. The second-order valence-electron chi connectivity index (χ2n) is 15.7. The average molecular weight is 865 g/mol. The summed E-state index contributed by atoms with van der Waals surface area (Å²) in [6.45, 7) is 0. The number of benzene rings is 6. The van der Waals surface area contributed by atoms with Gasteiger partial charge >= 0.3 is 0 Å².